The molecule has 18 heavy (non-hydrogen) atoms. The molecular weight excluding hydrogens is 248 g/mol. The summed E-state index contributed by atoms with van der Waals surface area (Å²) in [6.45, 7) is 9.29. The van der Waals surface area contributed by atoms with Gasteiger partial charge in [-0.05, 0) is 47.0 Å². The van der Waals surface area contributed by atoms with Crippen LogP contribution < -0.4 is 5.32 Å². The first kappa shape index (κ1) is 15.5. The monoisotopic (exact) mass is 274 g/mol. The van der Waals surface area contributed by atoms with E-state index in [0.29, 0.717) is 18.3 Å². The summed E-state index contributed by atoms with van der Waals surface area (Å²) in [5.74, 6) is 0.525. The molecule has 0 aliphatic carbocycles. The van der Waals surface area contributed by atoms with E-state index in [1.54, 1.807) is 0 Å². The molecule has 2 atom stereocenters. The van der Waals surface area contributed by atoms with Crippen LogP contribution in [0.4, 0.5) is 4.79 Å². The van der Waals surface area contributed by atoms with Crippen LogP contribution in [-0.4, -0.2) is 44.8 Å². The van der Waals surface area contributed by atoms with E-state index in [4.69, 9.17) is 0 Å². The van der Waals surface area contributed by atoms with Gasteiger partial charge in [0.05, 0.1) is 0 Å². The van der Waals surface area contributed by atoms with Gasteiger partial charge in [-0.2, -0.15) is 0 Å². The molecule has 106 valence electrons. The number of hydrogen-bond acceptors (Lipinski definition) is 2. The molecule has 2 amide bonds. The molecule has 0 aromatic rings. The van der Waals surface area contributed by atoms with Gasteiger partial charge < -0.3 is 10.2 Å². The Morgan fingerprint density at radius 1 is 1.39 bits per heavy atom. The van der Waals surface area contributed by atoms with Gasteiger partial charge in [0, 0.05) is 40.4 Å². The van der Waals surface area contributed by atoms with E-state index < -0.39 is 10.8 Å². The fourth-order valence-electron chi connectivity index (χ4n) is 2.06. The SMILES string of the molecule is C[C@@H]1CCCCN1C(=O)NCC[S@](=O)C(C)(C)C. The number of nitrogens with one attached hydrogen (secondary N) is 1. The number of rotatable bonds is 3. The Hall–Kier alpha value is -0.580. The third kappa shape index (κ3) is 4.59. The van der Waals surface area contributed by atoms with Crippen molar-refractivity contribution < 1.29 is 9.00 Å². The van der Waals surface area contributed by atoms with Crippen LogP contribution in [-0.2, 0) is 10.8 Å². The predicted octanol–water partition coefficient (Wildman–Crippen LogP) is 2.12. The highest BCUT2D eigenvalue weighted by Gasteiger charge is 2.23. The van der Waals surface area contributed by atoms with Crippen molar-refractivity contribution in [3.05, 3.63) is 0 Å². The lowest BCUT2D eigenvalue weighted by Crippen LogP contribution is -2.48. The van der Waals surface area contributed by atoms with Crippen LogP contribution in [0.25, 0.3) is 0 Å². The van der Waals surface area contributed by atoms with Gasteiger partial charge in [0.15, 0.2) is 0 Å². The van der Waals surface area contributed by atoms with E-state index >= 15 is 0 Å². The minimum Gasteiger partial charge on any atom is -0.337 e. The number of urea groups is 1. The van der Waals surface area contributed by atoms with Crippen molar-refractivity contribution in [2.75, 3.05) is 18.8 Å². The molecule has 0 spiro atoms. The van der Waals surface area contributed by atoms with Crippen LogP contribution in [0.1, 0.15) is 47.0 Å². The first-order chi connectivity index (χ1) is 8.32. The normalized spacial score (nSPS) is 22.7. The van der Waals surface area contributed by atoms with Gasteiger partial charge in [0.1, 0.15) is 0 Å². The molecule has 1 saturated heterocycles. The van der Waals surface area contributed by atoms with Crippen LogP contribution >= 0.6 is 0 Å². The van der Waals surface area contributed by atoms with Crippen molar-refractivity contribution >= 4 is 16.8 Å². The van der Waals surface area contributed by atoms with E-state index in [9.17, 15) is 9.00 Å². The van der Waals surface area contributed by atoms with E-state index in [1.807, 2.05) is 25.7 Å². The van der Waals surface area contributed by atoms with E-state index in [1.165, 1.54) is 6.42 Å². The number of amides is 2. The van der Waals surface area contributed by atoms with E-state index in [0.717, 1.165) is 19.4 Å². The van der Waals surface area contributed by atoms with Crippen LogP contribution in [0.5, 0.6) is 0 Å². The fourth-order valence-corrected chi connectivity index (χ4v) is 2.96. The summed E-state index contributed by atoms with van der Waals surface area (Å²) in [5, 5.41) is 2.88. The molecule has 1 rings (SSSR count). The summed E-state index contributed by atoms with van der Waals surface area (Å²) < 4.78 is 11.6. The Morgan fingerprint density at radius 2 is 2.06 bits per heavy atom. The Labute approximate surface area is 113 Å². The number of piperidine rings is 1. The van der Waals surface area contributed by atoms with Gasteiger partial charge in [-0.25, -0.2) is 4.79 Å². The molecule has 0 saturated carbocycles. The molecule has 1 aliphatic heterocycles. The topological polar surface area (TPSA) is 49.4 Å². The van der Waals surface area contributed by atoms with Crippen LogP contribution in [0, 0.1) is 0 Å². The minimum atomic E-state index is -0.901. The zero-order chi connectivity index (χ0) is 13.8. The van der Waals surface area contributed by atoms with Gasteiger partial charge in [0.2, 0.25) is 0 Å². The highest BCUT2D eigenvalue weighted by atomic mass is 32.2. The van der Waals surface area contributed by atoms with Gasteiger partial charge in [0.25, 0.3) is 0 Å². The maximum absolute atomic E-state index is 12.0. The van der Waals surface area contributed by atoms with Crippen molar-refractivity contribution in [1.29, 1.82) is 0 Å². The van der Waals surface area contributed by atoms with Gasteiger partial charge in [-0.1, -0.05) is 0 Å². The molecule has 0 aromatic heterocycles. The number of likely N-dealkylation sites (tertiary alicyclic amines) is 1. The fraction of sp³-hybridized carbons (Fsp3) is 0.923. The first-order valence-electron chi connectivity index (χ1n) is 6.75. The molecule has 5 heteroatoms. The predicted molar refractivity (Wildman–Crippen MR) is 76.2 cm³/mol. The highest BCUT2D eigenvalue weighted by Crippen LogP contribution is 2.16. The second kappa shape index (κ2) is 6.55. The summed E-state index contributed by atoms with van der Waals surface area (Å²) in [4.78, 5) is 13.8. The largest absolute Gasteiger partial charge is 0.337 e. The quantitative estimate of drug-likeness (QED) is 0.857. The lowest BCUT2D eigenvalue weighted by atomic mass is 10.0. The zero-order valence-electron chi connectivity index (χ0n) is 12.0. The number of carbonyl (C=O) groups excluding carboxylic acids is 1. The van der Waals surface area contributed by atoms with Gasteiger partial charge in [-0.3, -0.25) is 4.21 Å². The molecule has 0 aromatic carbocycles. The van der Waals surface area contributed by atoms with Crippen LogP contribution in [0.3, 0.4) is 0 Å². The standard InChI is InChI=1S/C13H26N2O2S/c1-11-7-5-6-9-15(11)12(16)14-8-10-18(17)13(2,3)4/h11H,5-10H2,1-4H3,(H,14,16)/t11-,18+/m1/s1. The summed E-state index contributed by atoms with van der Waals surface area (Å²) in [6.07, 6.45) is 3.38. The van der Waals surface area contributed by atoms with Crippen LogP contribution in [0.2, 0.25) is 0 Å². The van der Waals surface area contributed by atoms with Crippen molar-refractivity contribution in [3.63, 3.8) is 0 Å². The van der Waals surface area contributed by atoms with Gasteiger partial charge >= 0.3 is 6.03 Å². The van der Waals surface area contributed by atoms with Crippen molar-refractivity contribution in [2.24, 2.45) is 0 Å². The first-order valence-corrected chi connectivity index (χ1v) is 8.07. The summed E-state index contributed by atoms with van der Waals surface area (Å²) >= 11 is 0. The number of carbonyl (C=O) groups is 1. The molecule has 4 nitrogen and oxygen atoms in total. The molecular formula is C13H26N2O2S. The Kier molecular flexibility index (Phi) is 5.63. The second-order valence-electron chi connectivity index (χ2n) is 5.93. The maximum atomic E-state index is 12.0. The summed E-state index contributed by atoms with van der Waals surface area (Å²) in [7, 11) is -0.901. The Bertz CT molecular complexity index is 313. The average Bonchev–Trinajstić information content (AvgIpc) is 2.28. The molecule has 1 heterocycles. The number of hydrogen-bond donors (Lipinski definition) is 1. The Morgan fingerprint density at radius 3 is 2.61 bits per heavy atom. The van der Waals surface area contributed by atoms with Gasteiger partial charge in [-0.15, -0.1) is 0 Å². The molecule has 0 unspecified atom stereocenters. The highest BCUT2D eigenvalue weighted by molar-refractivity contribution is 7.86. The van der Waals surface area contributed by atoms with Crippen molar-refractivity contribution in [2.45, 2.75) is 57.7 Å². The third-order valence-corrected chi connectivity index (χ3v) is 5.25. The average molecular weight is 274 g/mol. The van der Waals surface area contributed by atoms with E-state index in [-0.39, 0.29) is 10.8 Å². The molecule has 1 N–H and O–H groups in total. The lowest BCUT2D eigenvalue weighted by Gasteiger charge is -2.33. The van der Waals surface area contributed by atoms with E-state index in [2.05, 4.69) is 12.2 Å². The third-order valence-electron chi connectivity index (χ3n) is 3.31. The molecule has 0 radical (unpaired) electrons. The summed E-state index contributed by atoms with van der Waals surface area (Å²) in [6, 6.07) is 0.319. The Balaban J connectivity index is 2.31. The second-order valence-corrected chi connectivity index (χ2v) is 8.26. The number of nitrogens with zero attached hydrogens (tertiary/aromatic N) is 1. The molecule has 0 bridgehead atoms. The molecule has 1 fully saturated rings. The van der Waals surface area contributed by atoms with Crippen LogP contribution in [0.15, 0.2) is 0 Å². The summed E-state index contributed by atoms with van der Waals surface area (Å²) in [5.41, 5.74) is 0. The molecule has 1 aliphatic rings. The zero-order valence-corrected chi connectivity index (χ0v) is 12.8. The van der Waals surface area contributed by atoms with Crippen molar-refractivity contribution in [3.8, 4) is 0 Å². The van der Waals surface area contributed by atoms with Crippen molar-refractivity contribution in [1.82, 2.24) is 10.2 Å². The minimum absolute atomic E-state index is 0.00638. The lowest BCUT2D eigenvalue weighted by molar-refractivity contribution is 0.159. The smallest absolute Gasteiger partial charge is 0.317 e. The maximum Gasteiger partial charge on any atom is 0.317 e.